The van der Waals surface area contributed by atoms with E-state index in [1.54, 1.807) is 11.9 Å². The molecule has 0 radical (unpaired) electrons. The maximum absolute atomic E-state index is 12.2. The number of carbonyl (C=O) groups excluding carboxylic acids is 1. The van der Waals surface area contributed by atoms with E-state index < -0.39 is 5.60 Å². The van der Waals surface area contributed by atoms with Crippen molar-refractivity contribution < 1.29 is 9.53 Å². The van der Waals surface area contributed by atoms with Crippen molar-refractivity contribution >= 4 is 36.0 Å². The molecule has 2 unspecified atom stereocenters. The predicted molar refractivity (Wildman–Crippen MR) is 128 cm³/mol. The number of aliphatic imine (C=N–C) groups is 1. The molecule has 7 nitrogen and oxygen atoms in total. The molecular formula is C20H42IN5O2. The minimum absolute atomic E-state index is 0. The zero-order valence-electron chi connectivity index (χ0n) is 19.1. The molecule has 28 heavy (non-hydrogen) atoms. The van der Waals surface area contributed by atoms with Crippen LogP contribution in [0.15, 0.2) is 4.99 Å². The van der Waals surface area contributed by atoms with Crippen molar-refractivity contribution in [1.82, 2.24) is 20.0 Å². The van der Waals surface area contributed by atoms with E-state index in [1.165, 1.54) is 6.42 Å². The molecule has 0 aromatic carbocycles. The van der Waals surface area contributed by atoms with Crippen molar-refractivity contribution in [2.24, 2.45) is 4.99 Å². The summed E-state index contributed by atoms with van der Waals surface area (Å²) in [6.45, 7) is 17.2. The molecule has 0 aromatic heterocycles. The van der Waals surface area contributed by atoms with Crippen molar-refractivity contribution in [3.05, 3.63) is 0 Å². The second-order valence-corrected chi connectivity index (χ2v) is 8.31. The topological polar surface area (TPSA) is 60.4 Å². The predicted octanol–water partition coefficient (Wildman–Crippen LogP) is 3.24. The van der Waals surface area contributed by atoms with Crippen LogP contribution in [0.25, 0.3) is 0 Å². The van der Waals surface area contributed by atoms with E-state index in [2.05, 4.69) is 34.0 Å². The highest BCUT2D eigenvalue weighted by Gasteiger charge is 2.28. The Morgan fingerprint density at radius 1 is 1.32 bits per heavy atom. The van der Waals surface area contributed by atoms with E-state index in [1.807, 2.05) is 34.7 Å². The van der Waals surface area contributed by atoms with Gasteiger partial charge >= 0.3 is 6.09 Å². The molecule has 1 aliphatic rings. The highest BCUT2D eigenvalue weighted by molar-refractivity contribution is 14.0. The molecule has 1 aliphatic heterocycles. The van der Waals surface area contributed by atoms with Gasteiger partial charge in [0.25, 0.3) is 0 Å². The summed E-state index contributed by atoms with van der Waals surface area (Å²) < 4.78 is 5.44. The Morgan fingerprint density at radius 2 is 1.93 bits per heavy atom. The number of ether oxygens (including phenoxy) is 1. The van der Waals surface area contributed by atoms with E-state index in [4.69, 9.17) is 4.74 Å². The van der Waals surface area contributed by atoms with Crippen LogP contribution in [0.5, 0.6) is 0 Å². The maximum atomic E-state index is 12.2. The largest absolute Gasteiger partial charge is 0.444 e. The zero-order valence-corrected chi connectivity index (χ0v) is 21.4. The van der Waals surface area contributed by atoms with Crippen molar-refractivity contribution in [3.8, 4) is 0 Å². The van der Waals surface area contributed by atoms with Gasteiger partial charge in [-0.15, -0.1) is 24.0 Å². The lowest BCUT2D eigenvalue weighted by molar-refractivity contribution is 0.0230. The maximum Gasteiger partial charge on any atom is 0.410 e. The second-order valence-electron chi connectivity index (χ2n) is 8.31. The molecule has 8 heteroatoms. The van der Waals surface area contributed by atoms with Crippen LogP contribution in [0, 0.1) is 0 Å². The molecule has 1 amide bonds. The third-order valence-corrected chi connectivity index (χ3v) is 5.19. The summed E-state index contributed by atoms with van der Waals surface area (Å²) >= 11 is 0. The van der Waals surface area contributed by atoms with Crippen molar-refractivity contribution in [2.75, 3.05) is 46.8 Å². The summed E-state index contributed by atoms with van der Waals surface area (Å²) in [6, 6.07) is 0.697. The number of rotatable bonds is 7. The Kier molecular flexibility index (Phi) is 12.4. The average Bonchev–Trinajstić information content (AvgIpc) is 3.07. The van der Waals surface area contributed by atoms with Crippen LogP contribution in [0.2, 0.25) is 0 Å². The van der Waals surface area contributed by atoms with Crippen LogP contribution in [0.3, 0.4) is 0 Å². The molecule has 166 valence electrons. The lowest BCUT2D eigenvalue weighted by atomic mass is 10.2. The number of hydrogen-bond donors (Lipinski definition) is 1. The Morgan fingerprint density at radius 3 is 2.43 bits per heavy atom. The third-order valence-electron chi connectivity index (χ3n) is 5.19. The first-order chi connectivity index (χ1) is 12.6. The molecule has 1 heterocycles. The Balaban J connectivity index is 0.00000729. The van der Waals surface area contributed by atoms with Gasteiger partial charge in [-0.2, -0.15) is 0 Å². The molecule has 1 saturated heterocycles. The number of likely N-dealkylation sites (tertiary alicyclic amines) is 1. The van der Waals surface area contributed by atoms with Crippen molar-refractivity contribution in [3.63, 3.8) is 0 Å². The minimum atomic E-state index is -0.470. The van der Waals surface area contributed by atoms with Gasteiger partial charge in [0.05, 0.1) is 0 Å². The van der Waals surface area contributed by atoms with Gasteiger partial charge in [0.2, 0.25) is 0 Å². The van der Waals surface area contributed by atoms with Crippen LogP contribution in [-0.4, -0.2) is 91.3 Å². The van der Waals surface area contributed by atoms with Crippen LogP contribution in [-0.2, 0) is 4.74 Å². The lowest BCUT2D eigenvalue weighted by Crippen LogP contribution is -2.45. The number of nitrogens with one attached hydrogen (secondary N) is 1. The first-order valence-electron chi connectivity index (χ1n) is 10.3. The van der Waals surface area contributed by atoms with Gasteiger partial charge in [-0.25, -0.2) is 4.79 Å². The number of carbonyl (C=O) groups is 1. The normalized spacial score (nSPS) is 18.7. The average molecular weight is 511 g/mol. The van der Waals surface area contributed by atoms with Crippen molar-refractivity contribution in [1.29, 1.82) is 0 Å². The molecule has 0 spiro atoms. The third kappa shape index (κ3) is 8.71. The van der Waals surface area contributed by atoms with Crippen LogP contribution < -0.4 is 5.32 Å². The number of amides is 1. The van der Waals surface area contributed by atoms with E-state index in [9.17, 15) is 4.79 Å². The van der Waals surface area contributed by atoms with Crippen LogP contribution in [0.4, 0.5) is 4.79 Å². The number of likely N-dealkylation sites (N-methyl/N-ethyl adjacent to an activating group) is 1. The first kappa shape index (κ1) is 27.2. The SMILES string of the molecule is CCN(CC)C1CCN(C(=NC)NCCC(C)N(C)C(=O)OC(C)(C)C)C1.I. The minimum Gasteiger partial charge on any atom is -0.444 e. The van der Waals surface area contributed by atoms with E-state index in [-0.39, 0.29) is 36.1 Å². The van der Waals surface area contributed by atoms with Crippen LogP contribution in [0.1, 0.15) is 54.4 Å². The Bertz CT molecular complexity index is 491. The van der Waals surface area contributed by atoms with Gasteiger partial charge in [0.1, 0.15) is 5.60 Å². The fourth-order valence-corrected chi connectivity index (χ4v) is 3.40. The number of halogens is 1. The van der Waals surface area contributed by atoms with Crippen molar-refractivity contribution in [2.45, 2.75) is 72.1 Å². The van der Waals surface area contributed by atoms with E-state index in [0.717, 1.165) is 45.1 Å². The first-order valence-corrected chi connectivity index (χ1v) is 10.3. The van der Waals surface area contributed by atoms with Gasteiger partial charge in [-0.1, -0.05) is 13.8 Å². The Hall–Kier alpha value is -0.770. The monoisotopic (exact) mass is 511 g/mol. The van der Waals surface area contributed by atoms with Crippen LogP contribution >= 0.6 is 24.0 Å². The summed E-state index contributed by atoms with van der Waals surface area (Å²) in [5.74, 6) is 0.955. The smallest absolute Gasteiger partial charge is 0.410 e. The molecule has 1 rings (SSSR count). The summed E-state index contributed by atoms with van der Waals surface area (Å²) in [4.78, 5) is 23.1. The van der Waals surface area contributed by atoms with Gasteiger partial charge < -0.3 is 19.9 Å². The molecule has 0 aliphatic carbocycles. The summed E-state index contributed by atoms with van der Waals surface area (Å²) in [5, 5.41) is 3.46. The van der Waals surface area contributed by atoms with E-state index >= 15 is 0 Å². The number of guanidine groups is 1. The molecule has 2 atom stereocenters. The standard InChI is InChI=1S/C20H41N5O2.HI/c1-9-24(10-2)17-12-14-25(15-17)18(21-7)22-13-11-16(3)23(8)19(26)27-20(4,5)6;/h16-17H,9-15H2,1-8H3,(H,21,22);1H. The fraction of sp³-hybridized carbons (Fsp3) is 0.900. The second kappa shape index (κ2) is 12.7. The van der Waals surface area contributed by atoms with Gasteiger partial charge in [0.15, 0.2) is 5.96 Å². The summed E-state index contributed by atoms with van der Waals surface area (Å²) in [7, 11) is 3.63. The summed E-state index contributed by atoms with van der Waals surface area (Å²) in [5.41, 5.74) is -0.470. The number of nitrogens with zero attached hydrogens (tertiary/aromatic N) is 4. The zero-order chi connectivity index (χ0) is 20.6. The quantitative estimate of drug-likeness (QED) is 0.323. The number of hydrogen-bond acceptors (Lipinski definition) is 4. The molecular weight excluding hydrogens is 469 g/mol. The van der Waals surface area contributed by atoms with E-state index in [0.29, 0.717) is 6.04 Å². The molecule has 0 aromatic rings. The highest BCUT2D eigenvalue weighted by Crippen LogP contribution is 2.16. The fourth-order valence-electron chi connectivity index (χ4n) is 3.40. The highest BCUT2D eigenvalue weighted by atomic mass is 127. The molecule has 1 N–H and O–H groups in total. The summed E-state index contributed by atoms with van der Waals surface area (Å²) in [6.07, 6.45) is 1.74. The van der Waals surface area contributed by atoms with Gasteiger partial charge in [-0.05, 0) is 53.6 Å². The van der Waals surface area contributed by atoms with Gasteiger partial charge in [-0.3, -0.25) is 9.89 Å². The molecule has 1 fully saturated rings. The Labute approximate surface area is 189 Å². The molecule has 0 saturated carbocycles. The lowest BCUT2D eigenvalue weighted by Gasteiger charge is -2.29. The van der Waals surface area contributed by atoms with Gasteiger partial charge in [0, 0.05) is 45.8 Å². The molecule has 0 bridgehead atoms.